The molecule has 4 rings (SSSR count). The van der Waals surface area contributed by atoms with Crippen molar-refractivity contribution in [3.8, 4) is 5.75 Å². The third-order valence-electron chi connectivity index (χ3n) is 4.32. The summed E-state index contributed by atoms with van der Waals surface area (Å²) >= 11 is 1.46. The number of thioether (sulfide) groups is 1. The third kappa shape index (κ3) is 2.45. The maximum atomic E-state index is 12.6. The van der Waals surface area contributed by atoms with Gasteiger partial charge in [-0.2, -0.15) is 4.98 Å². The Hall–Kier alpha value is -2.41. The number of para-hydroxylation sites is 1. The Morgan fingerprint density at radius 1 is 1.25 bits per heavy atom. The monoisotopic (exact) mass is 340 g/mol. The number of hydrogen-bond donors (Lipinski definition) is 0. The highest BCUT2D eigenvalue weighted by molar-refractivity contribution is 7.98. The number of aromatic nitrogens is 4. The van der Waals surface area contributed by atoms with Gasteiger partial charge >= 0.3 is 0 Å². The Labute approximate surface area is 143 Å². The zero-order valence-electron chi connectivity index (χ0n) is 13.4. The predicted octanol–water partition coefficient (Wildman–Crippen LogP) is 2.77. The van der Waals surface area contributed by atoms with E-state index in [0.717, 1.165) is 17.0 Å². The summed E-state index contributed by atoms with van der Waals surface area (Å²) < 4.78 is 7.04. The lowest BCUT2D eigenvalue weighted by Crippen LogP contribution is -2.21. The summed E-state index contributed by atoms with van der Waals surface area (Å²) in [6.07, 6.45) is 4.81. The van der Waals surface area contributed by atoms with Crippen molar-refractivity contribution >= 4 is 23.3 Å². The van der Waals surface area contributed by atoms with Gasteiger partial charge in [0.25, 0.3) is 5.78 Å². The van der Waals surface area contributed by atoms with Crippen molar-refractivity contribution in [3.05, 3.63) is 47.3 Å². The average molecular weight is 340 g/mol. The molecule has 1 atom stereocenters. The molecule has 2 aromatic heterocycles. The molecule has 2 heterocycles. The summed E-state index contributed by atoms with van der Waals surface area (Å²) in [6, 6.07) is 7.85. The molecule has 0 unspecified atom stereocenters. The van der Waals surface area contributed by atoms with Crippen LogP contribution in [-0.4, -0.2) is 38.7 Å². The van der Waals surface area contributed by atoms with Crippen LogP contribution in [0.4, 0.5) is 0 Å². The maximum Gasteiger partial charge on any atom is 0.253 e. The van der Waals surface area contributed by atoms with Crippen molar-refractivity contribution in [2.45, 2.75) is 23.9 Å². The zero-order valence-corrected chi connectivity index (χ0v) is 14.2. The number of benzene rings is 1. The van der Waals surface area contributed by atoms with Crippen LogP contribution in [0, 0.1) is 0 Å². The van der Waals surface area contributed by atoms with E-state index in [1.54, 1.807) is 17.8 Å². The Bertz CT molecular complexity index is 937. The summed E-state index contributed by atoms with van der Waals surface area (Å²) in [7, 11) is 1.65. The molecule has 3 aromatic rings. The number of ether oxygens (including phenoxy) is 1. The quantitative estimate of drug-likeness (QED) is 0.683. The van der Waals surface area contributed by atoms with Gasteiger partial charge < -0.3 is 4.74 Å². The van der Waals surface area contributed by atoms with Crippen LogP contribution >= 0.6 is 11.8 Å². The molecular weight excluding hydrogens is 324 g/mol. The molecule has 0 saturated heterocycles. The Balaban J connectivity index is 1.77. The van der Waals surface area contributed by atoms with Gasteiger partial charge in [-0.3, -0.25) is 4.79 Å². The van der Waals surface area contributed by atoms with E-state index in [1.165, 1.54) is 11.8 Å². The number of hydrogen-bond acceptors (Lipinski definition) is 6. The molecule has 0 radical (unpaired) electrons. The fourth-order valence-corrected chi connectivity index (χ4v) is 3.52. The average Bonchev–Trinajstić information content (AvgIpc) is 3.02. The molecule has 0 bridgehead atoms. The molecule has 24 heavy (non-hydrogen) atoms. The lowest BCUT2D eigenvalue weighted by Gasteiger charge is -2.24. The van der Waals surface area contributed by atoms with E-state index in [0.29, 0.717) is 29.3 Å². The molecule has 0 N–H and O–H groups in total. The normalized spacial score (nSPS) is 17.1. The SMILES string of the molecule is COc1ccccc1[C@H]1CC(=O)c2cn3nc(SC)nc3nc2C1. The second-order valence-corrected chi connectivity index (χ2v) is 6.49. The second-order valence-electron chi connectivity index (χ2n) is 5.71. The first-order chi connectivity index (χ1) is 11.7. The smallest absolute Gasteiger partial charge is 0.253 e. The lowest BCUT2D eigenvalue weighted by molar-refractivity contribution is 0.0962. The van der Waals surface area contributed by atoms with Crippen LogP contribution in [0.15, 0.2) is 35.6 Å². The first-order valence-electron chi connectivity index (χ1n) is 7.66. The molecule has 122 valence electrons. The minimum atomic E-state index is 0.0686. The highest BCUT2D eigenvalue weighted by Gasteiger charge is 2.30. The summed E-state index contributed by atoms with van der Waals surface area (Å²) in [4.78, 5) is 21.6. The van der Waals surface area contributed by atoms with Gasteiger partial charge in [0.15, 0.2) is 5.78 Å². The molecule has 1 aliphatic carbocycles. The van der Waals surface area contributed by atoms with E-state index in [1.807, 2.05) is 30.5 Å². The van der Waals surface area contributed by atoms with Crippen LogP contribution in [0.1, 0.15) is 34.0 Å². The van der Waals surface area contributed by atoms with Crippen molar-refractivity contribution in [2.24, 2.45) is 0 Å². The number of fused-ring (bicyclic) bond motifs is 2. The minimum absolute atomic E-state index is 0.0686. The maximum absolute atomic E-state index is 12.6. The Kier molecular flexibility index (Phi) is 3.72. The fourth-order valence-electron chi connectivity index (χ4n) is 3.17. The lowest BCUT2D eigenvalue weighted by atomic mass is 9.82. The van der Waals surface area contributed by atoms with Crippen molar-refractivity contribution in [1.82, 2.24) is 19.6 Å². The van der Waals surface area contributed by atoms with Gasteiger partial charge in [0.2, 0.25) is 5.16 Å². The van der Waals surface area contributed by atoms with E-state index in [4.69, 9.17) is 4.74 Å². The molecule has 0 amide bonds. The fraction of sp³-hybridized carbons (Fsp3) is 0.294. The number of carbonyl (C=O) groups is 1. The second kappa shape index (κ2) is 5.90. The van der Waals surface area contributed by atoms with E-state index in [2.05, 4.69) is 15.1 Å². The molecule has 0 saturated carbocycles. The number of ketones is 1. The Morgan fingerprint density at radius 3 is 2.88 bits per heavy atom. The standard InChI is InChI=1S/C17H16N4O2S/c1-23-15-6-4-3-5-11(15)10-7-13-12(14(22)8-10)9-21-16(18-13)19-17(20-21)24-2/h3-6,9-10H,7-8H2,1-2H3/t10-/m1/s1. The van der Waals surface area contributed by atoms with E-state index in [9.17, 15) is 4.79 Å². The summed E-state index contributed by atoms with van der Waals surface area (Å²) in [6.45, 7) is 0. The molecule has 7 heteroatoms. The first-order valence-corrected chi connectivity index (χ1v) is 8.88. The predicted molar refractivity (Wildman–Crippen MR) is 90.9 cm³/mol. The highest BCUT2D eigenvalue weighted by atomic mass is 32.2. The molecule has 0 fully saturated rings. The van der Waals surface area contributed by atoms with Crippen molar-refractivity contribution in [2.75, 3.05) is 13.4 Å². The van der Waals surface area contributed by atoms with Gasteiger partial charge in [-0.05, 0) is 24.3 Å². The van der Waals surface area contributed by atoms with E-state index in [-0.39, 0.29) is 11.7 Å². The van der Waals surface area contributed by atoms with Crippen molar-refractivity contribution in [1.29, 1.82) is 0 Å². The van der Waals surface area contributed by atoms with Crippen LogP contribution in [0.5, 0.6) is 5.75 Å². The van der Waals surface area contributed by atoms with Crippen LogP contribution in [0.2, 0.25) is 0 Å². The largest absolute Gasteiger partial charge is 0.496 e. The molecule has 0 aliphatic heterocycles. The molecule has 0 spiro atoms. The van der Waals surface area contributed by atoms with E-state index < -0.39 is 0 Å². The van der Waals surface area contributed by atoms with Gasteiger partial charge in [-0.15, -0.1) is 5.10 Å². The summed E-state index contributed by atoms with van der Waals surface area (Å²) in [5.74, 6) is 1.50. The topological polar surface area (TPSA) is 69.4 Å². The van der Waals surface area contributed by atoms with Crippen molar-refractivity contribution < 1.29 is 9.53 Å². The molecule has 6 nitrogen and oxygen atoms in total. The first kappa shape index (κ1) is 15.1. The molecule has 1 aliphatic rings. The van der Waals surface area contributed by atoms with Gasteiger partial charge in [0, 0.05) is 18.5 Å². The number of nitrogens with zero attached hydrogens (tertiary/aromatic N) is 4. The zero-order chi connectivity index (χ0) is 16.7. The van der Waals surface area contributed by atoms with Gasteiger partial charge in [0.1, 0.15) is 5.75 Å². The number of carbonyl (C=O) groups excluding carboxylic acids is 1. The third-order valence-corrected chi connectivity index (χ3v) is 4.86. The van der Waals surface area contributed by atoms with Gasteiger partial charge in [0.05, 0.1) is 18.4 Å². The molecular formula is C17H16N4O2S. The van der Waals surface area contributed by atoms with Crippen LogP contribution in [-0.2, 0) is 6.42 Å². The van der Waals surface area contributed by atoms with Crippen LogP contribution < -0.4 is 4.74 Å². The number of Topliss-reactive ketones (excluding diaryl/α,β-unsaturated/α-hetero) is 1. The van der Waals surface area contributed by atoms with Gasteiger partial charge in [-0.25, -0.2) is 9.50 Å². The molecule has 1 aromatic carbocycles. The summed E-state index contributed by atoms with van der Waals surface area (Å²) in [5.41, 5.74) is 2.48. The number of rotatable bonds is 3. The van der Waals surface area contributed by atoms with Gasteiger partial charge in [-0.1, -0.05) is 30.0 Å². The highest BCUT2D eigenvalue weighted by Crippen LogP contribution is 2.36. The number of methoxy groups -OCH3 is 1. The van der Waals surface area contributed by atoms with Crippen molar-refractivity contribution in [3.63, 3.8) is 0 Å². The Morgan fingerprint density at radius 2 is 2.08 bits per heavy atom. The van der Waals surface area contributed by atoms with Crippen LogP contribution in [0.25, 0.3) is 5.78 Å². The van der Waals surface area contributed by atoms with E-state index >= 15 is 0 Å². The summed E-state index contributed by atoms with van der Waals surface area (Å²) in [5, 5.41) is 4.96. The minimum Gasteiger partial charge on any atom is -0.496 e. The van der Waals surface area contributed by atoms with Crippen LogP contribution in [0.3, 0.4) is 0 Å².